The second-order valence-electron chi connectivity index (χ2n) is 4.15. The monoisotopic (exact) mass is 305 g/mol. The molecule has 0 aliphatic carbocycles. The number of thioether (sulfide) groups is 1. The van der Waals surface area contributed by atoms with Crippen molar-refractivity contribution in [1.82, 2.24) is 4.90 Å². The summed E-state index contributed by atoms with van der Waals surface area (Å²) in [5, 5.41) is 10.6. The van der Waals surface area contributed by atoms with Gasteiger partial charge >= 0.3 is 0 Å². The largest absolute Gasteiger partial charge is 0.391 e. The molecule has 98 valence electrons. The van der Waals surface area contributed by atoms with Crippen LogP contribution in [0.25, 0.3) is 0 Å². The van der Waals surface area contributed by atoms with Gasteiger partial charge in [-0.05, 0) is 24.6 Å². The lowest BCUT2D eigenvalue weighted by Gasteiger charge is -2.15. The van der Waals surface area contributed by atoms with Crippen molar-refractivity contribution in [3.05, 3.63) is 28.2 Å². The molecule has 1 saturated heterocycles. The van der Waals surface area contributed by atoms with E-state index in [-0.39, 0.29) is 12.0 Å². The highest BCUT2D eigenvalue weighted by molar-refractivity contribution is 8.00. The molecule has 1 aromatic carbocycles. The van der Waals surface area contributed by atoms with Crippen molar-refractivity contribution in [2.75, 3.05) is 18.8 Å². The Hall–Kier alpha value is -0.420. The molecule has 0 unspecified atom stereocenters. The Morgan fingerprint density at radius 1 is 1.50 bits per heavy atom. The van der Waals surface area contributed by atoms with Gasteiger partial charge in [0.2, 0.25) is 5.91 Å². The van der Waals surface area contributed by atoms with Crippen molar-refractivity contribution in [2.24, 2.45) is 0 Å². The number of likely N-dealkylation sites (tertiary alicyclic amines) is 1. The van der Waals surface area contributed by atoms with Gasteiger partial charge in [-0.3, -0.25) is 4.79 Å². The topological polar surface area (TPSA) is 40.5 Å². The third-order valence-electron chi connectivity index (χ3n) is 2.76. The molecule has 1 amide bonds. The molecule has 1 heterocycles. The molecule has 3 nitrogen and oxygen atoms in total. The lowest BCUT2D eigenvalue weighted by molar-refractivity contribution is -0.127. The summed E-state index contributed by atoms with van der Waals surface area (Å²) in [6.07, 6.45) is 0.280. The van der Waals surface area contributed by atoms with Crippen LogP contribution in [0.15, 0.2) is 23.1 Å². The quantitative estimate of drug-likeness (QED) is 0.873. The van der Waals surface area contributed by atoms with Gasteiger partial charge < -0.3 is 10.0 Å². The number of rotatable bonds is 3. The van der Waals surface area contributed by atoms with E-state index in [1.165, 1.54) is 11.8 Å². The normalized spacial score (nSPS) is 19.3. The molecule has 1 fully saturated rings. The SMILES string of the molecule is O=C(CSc1cc(Cl)ccc1Cl)N1CC[C@@H](O)C1. The number of carbonyl (C=O) groups excluding carboxylic acids is 1. The Labute approximate surface area is 120 Å². The van der Waals surface area contributed by atoms with Crippen molar-refractivity contribution in [3.8, 4) is 0 Å². The zero-order chi connectivity index (χ0) is 13.1. The second kappa shape index (κ2) is 6.15. The van der Waals surface area contributed by atoms with Gasteiger partial charge in [0.25, 0.3) is 0 Å². The van der Waals surface area contributed by atoms with Gasteiger partial charge in [0.05, 0.1) is 16.9 Å². The highest BCUT2D eigenvalue weighted by atomic mass is 35.5. The van der Waals surface area contributed by atoms with Gasteiger partial charge in [-0.1, -0.05) is 23.2 Å². The molecule has 0 aromatic heterocycles. The minimum atomic E-state index is -0.381. The summed E-state index contributed by atoms with van der Waals surface area (Å²) >= 11 is 13.3. The summed E-state index contributed by atoms with van der Waals surface area (Å²) in [5.74, 6) is 0.333. The van der Waals surface area contributed by atoms with E-state index < -0.39 is 0 Å². The maximum Gasteiger partial charge on any atom is 0.233 e. The first-order valence-corrected chi connectivity index (χ1v) is 7.34. The minimum Gasteiger partial charge on any atom is -0.391 e. The van der Waals surface area contributed by atoms with E-state index in [9.17, 15) is 9.90 Å². The van der Waals surface area contributed by atoms with Gasteiger partial charge in [0.15, 0.2) is 0 Å². The fraction of sp³-hybridized carbons (Fsp3) is 0.417. The van der Waals surface area contributed by atoms with E-state index >= 15 is 0 Å². The zero-order valence-electron chi connectivity index (χ0n) is 9.60. The van der Waals surface area contributed by atoms with Gasteiger partial charge in [-0.15, -0.1) is 11.8 Å². The average Bonchev–Trinajstić information content (AvgIpc) is 2.77. The first kappa shape index (κ1) is 14.0. The Morgan fingerprint density at radius 3 is 2.94 bits per heavy atom. The fourth-order valence-corrected chi connectivity index (χ4v) is 3.18. The van der Waals surface area contributed by atoms with E-state index in [4.69, 9.17) is 23.2 Å². The first-order chi connectivity index (χ1) is 8.56. The number of hydrogen-bond donors (Lipinski definition) is 1. The van der Waals surface area contributed by atoms with Crippen LogP contribution in [0.5, 0.6) is 0 Å². The van der Waals surface area contributed by atoms with Crippen molar-refractivity contribution in [3.63, 3.8) is 0 Å². The molecule has 2 rings (SSSR count). The van der Waals surface area contributed by atoms with Gasteiger partial charge in [0, 0.05) is 23.0 Å². The first-order valence-electron chi connectivity index (χ1n) is 5.60. The fourth-order valence-electron chi connectivity index (χ4n) is 1.79. The van der Waals surface area contributed by atoms with Crippen LogP contribution in [0.2, 0.25) is 10.0 Å². The maximum atomic E-state index is 11.9. The molecule has 1 atom stereocenters. The molecule has 6 heteroatoms. The molecule has 1 aromatic rings. The Kier molecular flexibility index (Phi) is 4.78. The predicted molar refractivity (Wildman–Crippen MR) is 74.4 cm³/mol. The van der Waals surface area contributed by atoms with Crippen LogP contribution in [-0.2, 0) is 4.79 Å². The Morgan fingerprint density at radius 2 is 2.28 bits per heavy atom. The summed E-state index contributed by atoms with van der Waals surface area (Å²) in [7, 11) is 0. The smallest absolute Gasteiger partial charge is 0.233 e. The molecule has 1 aliphatic heterocycles. The third-order valence-corrected chi connectivity index (χ3v) is 4.48. The number of aliphatic hydroxyl groups excluding tert-OH is 1. The van der Waals surface area contributed by atoms with Crippen LogP contribution < -0.4 is 0 Å². The summed E-state index contributed by atoms with van der Waals surface area (Å²) in [4.78, 5) is 14.4. The number of halogens is 2. The molecule has 1 aliphatic rings. The van der Waals surface area contributed by atoms with Crippen molar-refractivity contribution in [2.45, 2.75) is 17.4 Å². The summed E-state index contributed by atoms with van der Waals surface area (Å²) in [6, 6.07) is 5.18. The number of β-amino-alcohol motifs (C(OH)–C–C–N with tert-alkyl or cyclic N) is 1. The van der Waals surface area contributed by atoms with E-state index in [1.807, 2.05) is 0 Å². The molecule has 18 heavy (non-hydrogen) atoms. The van der Waals surface area contributed by atoms with Crippen LogP contribution in [0.1, 0.15) is 6.42 Å². The number of hydrogen-bond acceptors (Lipinski definition) is 3. The van der Waals surface area contributed by atoms with Gasteiger partial charge in [-0.25, -0.2) is 0 Å². The number of amides is 1. The highest BCUT2D eigenvalue weighted by Gasteiger charge is 2.24. The van der Waals surface area contributed by atoms with Gasteiger partial charge in [-0.2, -0.15) is 0 Å². The Balaban J connectivity index is 1.91. The number of carbonyl (C=O) groups is 1. The molecule has 0 saturated carbocycles. The summed E-state index contributed by atoms with van der Waals surface area (Å²) < 4.78 is 0. The lowest BCUT2D eigenvalue weighted by Crippen LogP contribution is -2.30. The zero-order valence-corrected chi connectivity index (χ0v) is 11.9. The van der Waals surface area contributed by atoms with E-state index in [0.29, 0.717) is 35.3 Å². The van der Waals surface area contributed by atoms with Crippen LogP contribution in [0.3, 0.4) is 0 Å². The predicted octanol–water partition coefficient (Wildman–Crippen LogP) is 2.68. The molecular weight excluding hydrogens is 293 g/mol. The third kappa shape index (κ3) is 3.54. The average molecular weight is 306 g/mol. The number of aliphatic hydroxyl groups is 1. The van der Waals surface area contributed by atoms with E-state index in [0.717, 1.165) is 4.90 Å². The number of nitrogens with zero attached hydrogens (tertiary/aromatic N) is 1. The molecule has 0 radical (unpaired) electrons. The second-order valence-corrected chi connectivity index (χ2v) is 6.01. The lowest BCUT2D eigenvalue weighted by atomic mass is 10.3. The van der Waals surface area contributed by atoms with Crippen LogP contribution >= 0.6 is 35.0 Å². The molecule has 1 N–H and O–H groups in total. The van der Waals surface area contributed by atoms with Crippen LogP contribution in [0, 0.1) is 0 Å². The standard InChI is InChI=1S/C12H13Cl2NO2S/c13-8-1-2-10(14)11(5-8)18-7-12(17)15-4-3-9(16)6-15/h1-2,5,9,16H,3-4,6-7H2/t9-/m1/s1. The van der Waals surface area contributed by atoms with E-state index in [1.54, 1.807) is 23.1 Å². The molecule has 0 bridgehead atoms. The van der Waals surface area contributed by atoms with E-state index in [2.05, 4.69) is 0 Å². The van der Waals surface area contributed by atoms with Crippen LogP contribution in [-0.4, -0.2) is 40.9 Å². The molecule has 0 spiro atoms. The minimum absolute atomic E-state index is 0.0209. The van der Waals surface area contributed by atoms with Crippen molar-refractivity contribution >= 4 is 40.9 Å². The highest BCUT2D eigenvalue weighted by Crippen LogP contribution is 2.30. The van der Waals surface area contributed by atoms with Gasteiger partial charge in [0.1, 0.15) is 0 Å². The number of benzene rings is 1. The summed E-state index contributed by atoms with van der Waals surface area (Å²) in [5.41, 5.74) is 0. The summed E-state index contributed by atoms with van der Waals surface area (Å²) in [6.45, 7) is 1.06. The maximum absolute atomic E-state index is 11.9. The molecular formula is C12H13Cl2NO2S. The van der Waals surface area contributed by atoms with Crippen molar-refractivity contribution < 1.29 is 9.90 Å². The van der Waals surface area contributed by atoms with Crippen LogP contribution in [0.4, 0.5) is 0 Å². The Bertz CT molecular complexity index is 456. The van der Waals surface area contributed by atoms with Crippen molar-refractivity contribution in [1.29, 1.82) is 0 Å².